The molecule has 0 saturated carbocycles. The fraction of sp³-hybridized carbons (Fsp3) is 0.533. The number of benzene rings is 1. The molecule has 1 aromatic carbocycles. The Balaban J connectivity index is 2.14. The molecule has 1 aliphatic heterocycles. The van der Waals surface area contributed by atoms with Gasteiger partial charge in [-0.3, -0.25) is 4.79 Å². The van der Waals surface area contributed by atoms with Crippen molar-refractivity contribution in [3.8, 4) is 0 Å². The second-order valence-corrected chi connectivity index (χ2v) is 5.90. The number of rotatable bonds is 4. The second kappa shape index (κ2) is 7.99. The van der Waals surface area contributed by atoms with E-state index in [-0.39, 0.29) is 17.9 Å². The van der Waals surface area contributed by atoms with Crippen LogP contribution in [0.1, 0.15) is 25.0 Å². The highest BCUT2D eigenvalue weighted by molar-refractivity contribution is 6.42. The maximum Gasteiger partial charge on any atom is 0.219 e. The first kappa shape index (κ1) is 16.6. The van der Waals surface area contributed by atoms with E-state index in [2.05, 4.69) is 10.6 Å². The average Bonchev–Trinajstić information content (AvgIpc) is 2.73. The fourth-order valence-electron chi connectivity index (χ4n) is 2.40. The van der Waals surface area contributed by atoms with Crippen LogP contribution in [-0.4, -0.2) is 32.1 Å². The number of halogens is 2. The van der Waals surface area contributed by atoms with E-state index in [0.29, 0.717) is 29.6 Å². The number of hydrogen-bond donors (Lipinski definition) is 2. The molecular weight excluding hydrogens is 311 g/mol. The lowest BCUT2D eigenvalue weighted by Gasteiger charge is -2.25. The van der Waals surface area contributed by atoms with Gasteiger partial charge in [-0.25, -0.2) is 0 Å². The van der Waals surface area contributed by atoms with Crippen molar-refractivity contribution in [1.29, 1.82) is 0 Å². The van der Waals surface area contributed by atoms with Gasteiger partial charge < -0.3 is 15.4 Å². The molecule has 0 bridgehead atoms. The summed E-state index contributed by atoms with van der Waals surface area (Å²) in [6.45, 7) is 4.63. The summed E-state index contributed by atoms with van der Waals surface area (Å²) in [5.74, 6) is 0.201. The van der Waals surface area contributed by atoms with Crippen molar-refractivity contribution in [2.75, 3.05) is 26.2 Å². The Hall–Kier alpha value is -0.810. The van der Waals surface area contributed by atoms with Crippen molar-refractivity contribution < 1.29 is 9.53 Å². The Morgan fingerprint density at radius 3 is 2.95 bits per heavy atom. The van der Waals surface area contributed by atoms with Crippen LogP contribution in [0.2, 0.25) is 10.0 Å². The average molecular weight is 331 g/mol. The Kier molecular flexibility index (Phi) is 6.30. The molecule has 1 aliphatic rings. The second-order valence-electron chi connectivity index (χ2n) is 5.09. The number of amides is 1. The number of hydrogen-bond acceptors (Lipinski definition) is 3. The number of ether oxygens (including phenoxy) is 1. The quantitative estimate of drug-likeness (QED) is 0.892. The highest BCUT2D eigenvalue weighted by Gasteiger charge is 2.26. The Bertz CT molecular complexity index is 497. The minimum absolute atomic E-state index is 0.0483. The zero-order chi connectivity index (χ0) is 15.2. The van der Waals surface area contributed by atoms with Gasteiger partial charge in [0.25, 0.3) is 0 Å². The van der Waals surface area contributed by atoms with Crippen LogP contribution < -0.4 is 10.6 Å². The zero-order valence-electron chi connectivity index (χ0n) is 12.0. The van der Waals surface area contributed by atoms with Crippen LogP contribution in [0.4, 0.5) is 0 Å². The first-order valence-electron chi connectivity index (χ1n) is 7.15. The molecule has 4 nitrogen and oxygen atoms in total. The summed E-state index contributed by atoms with van der Waals surface area (Å²) in [4.78, 5) is 11.5. The fourth-order valence-corrected chi connectivity index (χ4v) is 2.70. The minimum Gasteiger partial charge on any atom is -0.372 e. The summed E-state index contributed by atoms with van der Waals surface area (Å²) in [6.07, 6.45) is 0.380. The molecular formula is C15H20Cl2N2O2. The van der Waals surface area contributed by atoms with Crippen LogP contribution in [0.3, 0.4) is 0 Å². The Morgan fingerprint density at radius 2 is 2.24 bits per heavy atom. The van der Waals surface area contributed by atoms with Crippen molar-refractivity contribution in [2.24, 2.45) is 5.92 Å². The molecule has 1 heterocycles. The molecule has 116 valence electrons. The summed E-state index contributed by atoms with van der Waals surface area (Å²) in [7, 11) is 0. The van der Waals surface area contributed by atoms with Crippen LogP contribution in [0, 0.1) is 5.92 Å². The lowest BCUT2D eigenvalue weighted by molar-refractivity contribution is -0.121. The van der Waals surface area contributed by atoms with Crippen LogP contribution in [0.15, 0.2) is 18.2 Å². The Morgan fingerprint density at radius 1 is 1.43 bits per heavy atom. The normalized spacial score (nSPS) is 22.6. The summed E-state index contributed by atoms with van der Waals surface area (Å²) in [5, 5.41) is 7.32. The largest absolute Gasteiger partial charge is 0.372 e. The van der Waals surface area contributed by atoms with E-state index in [1.807, 2.05) is 19.1 Å². The monoisotopic (exact) mass is 330 g/mol. The summed E-state index contributed by atoms with van der Waals surface area (Å²) >= 11 is 12.1. The molecule has 1 fully saturated rings. The van der Waals surface area contributed by atoms with Gasteiger partial charge in [-0.2, -0.15) is 0 Å². The van der Waals surface area contributed by atoms with Crippen molar-refractivity contribution in [3.05, 3.63) is 33.8 Å². The first-order valence-corrected chi connectivity index (χ1v) is 7.91. The molecule has 0 aliphatic carbocycles. The lowest BCUT2D eigenvalue weighted by atomic mass is 9.95. The molecule has 0 radical (unpaired) electrons. The van der Waals surface area contributed by atoms with Gasteiger partial charge in [-0.05, 0) is 17.7 Å². The van der Waals surface area contributed by atoms with Gasteiger partial charge >= 0.3 is 0 Å². The highest BCUT2D eigenvalue weighted by Crippen LogP contribution is 2.31. The molecule has 0 spiro atoms. The van der Waals surface area contributed by atoms with E-state index >= 15 is 0 Å². The molecule has 1 amide bonds. The van der Waals surface area contributed by atoms with Crippen LogP contribution in [-0.2, 0) is 9.53 Å². The van der Waals surface area contributed by atoms with Crippen LogP contribution in [0.25, 0.3) is 0 Å². The summed E-state index contributed by atoms with van der Waals surface area (Å²) in [5.41, 5.74) is 0.990. The van der Waals surface area contributed by atoms with Crippen LogP contribution >= 0.6 is 23.2 Å². The molecule has 0 aromatic heterocycles. The summed E-state index contributed by atoms with van der Waals surface area (Å²) < 4.78 is 5.95. The smallest absolute Gasteiger partial charge is 0.219 e. The van der Waals surface area contributed by atoms with E-state index in [9.17, 15) is 4.79 Å². The molecule has 2 atom stereocenters. The van der Waals surface area contributed by atoms with Gasteiger partial charge in [0.15, 0.2) is 0 Å². The third-order valence-electron chi connectivity index (χ3n) is 3.57. The highest BCUT2D eigenvalue weighted by atomic mass is 35.5. The zero-order valence-corrected chi connectivity index (χ0v) is 13.5. The Labute approximate surface area is 135 Å². The maximum absolute atomic E-state index is 11.5. The number of nitrogens with one attached hydrogen (secondary N) is 2. The SMILES string of the molecule is CCC(=O)NC[C@@H]1CNCCO[C@H]1c1ccc(Cl)c(Cl)c1. The number of carbonyl (C=O) groups is 1. The molecule has 1 aromatic rings. The van der Waals surface area contributed by atoms with Gasteiger partial charge in [0, 0.05) is 32.0 Å². The van der Waals surface area contributed by atoms with Crippen molar-refractivity contribution in [3.63, 3.8) is 0 Å². The molecule has 2 N–H and O–H groups in total. The summed E-state index contributed by atoms with van der Waals surface area (Å²) in [6, 6.07) is 5.55. The van der Waals surface area contributed by atoms with Crippen molar-refractivity contribution in [1.82, 2.24) is 10.6 Å². The molecule has 21 heavy (non-hydrogen) atoms. The standard InChI is InChI=1S/C15H20Cl2N2O2/c1-2-14(20)19-9-11-8-18-5-6-21-15(11)10-3-4-12(16)13(17)7-10/h3-4,7,11,15,18H,2,5-6,8-9H2,1H3,(H,19,20)/t11-,15-/m0/s1. The van der Waals surface area contributed by atoms with E-state index in [1.54, 1.807) is 6.07 Å². The predicted molar refractivity (Wildman–Crippen MR) is 84.8 cm³/mol. The molecule has 0 unspecified atom stereocenters. The van der Waals surface area contributed by atoms with Gasteiger partial charge in [0.05, 0.1) is 22.8 Å². The van der Waals surface area contributed by atoms with E-state index in [1.165, 1.54) is 0 Å². The van der Waals surface area contributed by atoms with E-state index in [0.717, 1.165) is 18.7 Å². The molecule has 2 rings (SSSR count). The van der Waals surface area contributed by atoms with E-state index in [4.69, 9.17) is 27.9 Å². The topological polar surface area (TPSA) is 50.4 Å². The van der Waals surface area contributed by atoms with Crippen molar-refractivity contribution in [2.45, 2.75) is 19.4 Å². The lowest BCUT2D eigenvalue weighted by Crippen LogP contribution is -2.36. The van der Waals surface area contributed by atoms with Gasteiger partial charge in [-0.1, -0.05) is 36.2 Å². The first-order chi connectivity index (χ1) is 10.1. The number of carbonyl (C=O) groups excluding carboxylic acids is 1. The third-order valence-corrected chi connectivity index (χ3v) is 4.30. The maximum atomic E-state index is 11.5. The molecule has 6 heteroatoms. The van der Waals surface area contributed by atoms with Gasteiger partial charge in [-0.15, -0.1) is 0 Å². The van der Waals surface area contributed by atoms with Crippen molar-refractivity contribution >= 4 is 29.1 Å². The van der Waals surface area contributed by atoms with Gasteiger partial charge in [0.1, 0.15) is 0 Å². The molecule has 1 saturated heterocycles. The van der Waals surface area contributed by atoms with Crippen LogP contribution in [0.5, 0.6) is 0 Å². The third kappa shape index (κ3) is 4.58. The van der Waals surface area contributed by atoms with E-state index < -0.39 is 0 Å². The minimum atomic E-state index is -0.105. The predicted octanol–water partition coefficient (Wildman–Crippen LogP) is 2.80. The van der Waals surface area contributed by atoms with Gasteiger partial charge in [0.2, 0.25) is 5.91 Å².